The van der Waals surface area contributed by atoms with Crippen LogP contribution in [0.1, 0.15) is 69.8 Å². The molecule has 0 bridgehead atoms. The number of carbonyl (C=O) groups excluding carboxylic acids is 3. The number of piperidine rings is 1. The highest BCUT2D eigenvalue weighted by Gasteiger charge is 2.47. The average molecular weight is 627 g/mol. The summed E-state index contributed by atoms with van der Waals surface area (Å²) in [7, 11) is -3.29. The van der Waals surface area contributed by atoms with Crippen molar-refractivity contribution in [1.82, 2.24) is 20.3 Å². The minimum absolute atomic E-state index is 0.00388. The summed E-state index contributed by atoms with van der Waals surface area (Å²) in [6.45, 7) is 0.325. The molecule has 4 rings (SSSR count). The number of hydrogen-bond donors (Lipinski definition) is 4. The van der Waals surface area contributed by atoms with Crippen LogP contribution in [0.25, 0.3) is 0 Å². The van der Waals surface area contributed by atoms with Crippen molar-refractivity contribution in [2.75, 3.05) is 26.0 Å². The quantitative estimate of drug-likeness (QED) is 0.294. The molecule has 0 radical (unpaired) electrons. The highest BCUT2D eigenvalue weighted by atomic mass is 35.5. The van der Waals surface area contributed by atoms with Gasteiger partial charge in [-0.25, -0.2) is 17.5 Å². The lowest BCUT2D eigenvalue weighted by Gasteiger charge is -2.38. The van der Waals surface area contributed by atoms with Crippen molar-refractivity contribution in [1.29, 1.82) is 0 Å². The van der Waals surface area contributed by atoms with E-state index in [4.69, 9.17) is 16.3 Å². The van der Waals surface area contributed by atoms with Crippen LogP contribution in [0.2, 0.25) is 5.02 Å². The zero-order valence-corrected chi connectivity index (χ0v) is 25.7. The summed E-state index contributed by atoms with van der Waals surface area (Å²) in [6.07, 6.45) is 7.99. The Labute approximate surface area is 253 Å². The van der Waals surface area contributed by atoms with E-state index in [-0.39, 0.29) is 31.5 Å². The first-order chi connectivity index (χ1) is 20.0. The van der Waals surface area contributed by atoms with E-state index in [9.17, 15) is 27.9 Å². The van der Waals surface area contributed by atoms with E-state index < -0.39 is 45.6 Å². The molecule has 4 N–H and O–H groups in total. The second-order valence-electron chi connectivity index (χ2n) is 12.1. The van der Waals surface area contributed by atoms with Gasteiger partial charge in [-0.1, -0.05) is 55.8 Å². The minimum atomic E-state index is -3.29. The fourth-order valence-corrected chi connectivity index (χ4v) is 7.57. The number of alkyl carbamates (subject to hydrolysis) is 1. The Bertz CT molecular complexity index is 1220. The number of halogens is 1. The number of benzene rings is 1. The van der Waals surface area contributed by atoms with E-state index in [1.807, 2.05) is 0 Å². The fourth-order valence-electron chi connectivity index (χ4n) is 6.52. The highest BCUT2D eigenvalue weighted by molar-refractivity contribution is 7.88. The van der Waals surface area contributed by atoms with Crippen LogP contribution in [0.15, 0.2) is 24.3 Å². The van der Waals surface area contributed by atoms with E-state index in [1.54, 1.807) is 24.3 Å². The lowest BCUT2D eigenvalue weighted by atomic mass is 9.82. The molecule has 234 valence electrons. The Morgan fingerprint density at radius 2 is 1.88 bits per heavy atom. The highest BCUT2D eigenvalue weighted by Crippen LogP contribution is 2.37. The van der Waals surface area contributed by atoms with Gasteiger partial charge < -0.3 is 25.8 Å². The van der Waals surface area contributed by atoms with Gasteiger partial charge in [-0.3, -0.25) is 9.59 Å². The third kappa shape index (κ3) is 9.05. The summed E-state index contributed by atoms with van der Waals surface area (Å²) < 4.78 is 30.6. The summed E-state index contributed by atoms with van der Waals surface area (Å²) in [5.41, 5.74) is 0.242. The molecule has 3 fully saturated rings. The summed E-state index contributed by atoms with van der Waals surface area (Å²) in [4.78, 5) is 39.0. The van der Waals surface area contributed by atoms with Gasteiger partial charge in [0.1, 0.15) is 12.6 Å². The summed E-state index contributed by atoms with van der Waals surface area (Å²) in [6, 6.07) is 5.44. The monoisotopic (exact) mass is 626 g/mol. The Morgan fingerprint density at radius 3 is 2.52 bits per heavy atom. The molecule has 3 aliphatic rings. The Hall–Kier alpha value is -2.41. The van der Waals surface area contributed by atoms with Crippen LogP contribution in [0.3, 0.4) is 0 Å². The van der Waals surface area contributed by atoms with Crippen molar-refractivity contribution >= 4 is 39.5 Å². The van der Waals surface area contributed by atoms with Crippen molar-refractivity contribution in [3.05, 3.63) is 34.9 Å². The largest absolute Gasteiger partial charge is 0.445 e. The van der Waals surface area contributed by atoms with E-state index in [0.717, 1.165) is 37.7 Å². The Morgan fingerprint density at radius 1 is 1.17 bits per heavy atom. The third-order valence-electron chi connectivity index (χ3n) is 8.84. The number of aliphatic hydroxyl groups excluding tert-OH is 1. The van der Waals surface area contributed by atoms with Crippen LogP contribution in [-0.2, 0) is 31.0 Å². The number of carbonyl (C=O) groups is 3. The molecule has 13 heteroatoms. The Kier molecular flexibility index (Phi) is 11.1. The number of rotatable bonds is 11. The van der Waals surface area contributed by atoms with E-state index >= 15 is 0 Å². The molecular weight excluding hydrogens is 584 g/mol. The molecule has 2 saturated heterocycles. The molecule has 0 aromatic heterocycles. The normalized spacial score (nSPS) is 22.7. The van der Waals surface area contributed by atoms with Gasteiger partial charge in [0.05, 0.1) is 18.9 Å². The number of aliphatic hydroxyl groups is 1. The van der Waals surface area contributed by atoms with Gasteiger partial charge in [-0.2, -0.15) is 0 Å². The predicted molar refractivity (Wildman–Crippen MR) is 158 cm³/mol. The van der Waals surface area contributed by atoms with Gasteiger partial charge in [0, 0.05) is 29.6 Å². The molecule has 1 aliphatic carbocycles. The van der Waals surface area contributed by atoms with Crippen LogP contribution in [-0.4, -0.2) is 79.3 Å². The van der Waals surface area contributed by atoms with Crippen molar-refractivity contribution in [3.63, 3.8) is 0 Å². The molecule has 1 unspecified atom stereocenters. The van der Waals surface area contributed by atoms with Crippen molar-refractivity contribution in [2.45, 2.75) is 88.4 Å². The maximum Gasteiger partial charge on any atom is 0.408 e. The lowest BCUT2D eigenvalue weighted by Crippen LogP contribution is -2.51. The maximum absolute atomic E-state index is 13.4. The van der Waals surface area contributed by atoms with E-state index in [0.29, 0.717) is 43.8 Å². The number of amides is 3. The molecule has 11 nitrogen and oxygen atoms in total. The lowest BCUT2D eigenvalue weighted by molar-refractivity contribution is -0.126. The van der Waals surface area contributed by atoms with Gasteiger partial charge in [-0.15, -0.1) is 0 Å². The van der Waals surface area contributed by atoms with E-state index in [2.05, 4.69) is 16.0 Å². The summed E-state index contributed by atoms with van der Waals surface area (Å²) in [5, 5.41) is 19.3. The topological polar surface area (TPSA) is 154 Å². The Balaban J connectivity index is 1.34. The smallest absolute Gasteiger partial charge is 0.408 e. The van der Waals surface area contributed by atoms with E-state index in [1.165, 1.54) is 10.6 Å². The molecule has 1 aromatic rings. The first kappa shape index (κ1) is 32.5. The molecule has 2 heterocycles. The molecule has 42 heavy (non-hydrogen) atoms. The van der Waals surface area contributed by atoms with Crippen LogP contribution < -0.4 is 16.0 Å². The van der Waals surface area contributed by atoms with Gasteiger partial charge >= 0.3 is 6.09 Å². The first-order valence-corrected chi connectivity index (χ1v) is 17.0. The second-order valence-corrected chi connectivity index (χ2v) is 14.5. The first-order valence-electron chi connectivity index (χ1n) is 14.8. The molecule has 3 amide bonds. The molecule has 1 aromatic carbocycles. The van der Waals surface area contributed by atoms with Crippen molar-refractivity contribution in [3.8, 4) is 0 Å². The molecule has 1 saturated carbocycles. The van der Waals surface area contributed by atoms with Crippen LogP contribution >= 0.6 is 11.6 Å². The number of ether oxygens (including phenoxy) is 1. The zero-order valence-electron chi connectivity index (χ0n) is 24.1. The standard InChI is InChI=1S/C29H43ClN4O7S/c1-42(39,40)34-12-10-29(11-13-34)17-22(26(36)33-29)16-24(18-35)31-27(37)25(15-20-6-3-2-4-7-20)32-28(38)41-19-21-8-5-9-23(30)14-21/h5,8-9,14,20,22,24-25,35H,2-4,6-7,10-13,15-19H2,1H3,(H,31,37)(H,32,38)(H,33,36)/t22?,24-,25-/m0/s1. The average Bonchev–Trinajstić information content (AvgIpc) is 3.24. The maximum atomic E-state index is 13.4. The third-order valence-corrected chi connectivity index (χ3v) is 10.4. The molecule has 1 spiro atoms. The van der Waals surface area contributed by atoms with Gasteiger partial charge in [0.15, 0.2) is 0 Å². The van der Waals surface area contributed by atoms with Crippen molar-refractivity contribution < 1.29 is 32.6 Å². The molecule has 2 aliphatic heterocycles. The van der Waals surface area contributed by atoms with Gasteiger partial charge in [0.2, 0.25) is 21.8 Å². The zero-order chi connectivity index (χ0) is 30.3. The van der Waals surface area contributed by atoms with Crippen LogP contribution in [0.5, 0.6) is 0 Å². The molecule has 3 atom stereocenters. The van der Waals surface area contributed by atoms with Gasteiger partial charge in [-0.05, 0) is 55.7 Å². The van der Waals surface area contributed by atoms with Crippen molar-refractivity contribution in [2.24, 2.45) is 11.8 Å². The fraction of sp³-hybridized carbons (Fsp3) is 0.690. The summed E-state index contributed by atoms with van der Waals surface area (Å²) in [5.74, 6) is -0.723. The predicted octanol–water partition coefficient (Wildman–Crippen LogP) is 2.70. The second kappa shape index (κ2) is 14.4. The number of nitrogens with one attached hydrogen (secondary N) is 3. The van der Waals surface area contributed by atoms with Crippen LogP contribution in [0, 0.1) is 11.8 Å². The minimum Gasteiger partial charge on any atom is -0.445 e. The molecular formula is C29H43ClN4O7S. The SMILES string of the molecule is CS(=O)(=O)N1CCC2(CC1)CC(C[C@@H](CO)NC(=O)[C@H](CC1CCCCC1)NC(=O)OCc1cccc(Cl)c1)C(=O)N2. The number of nitrogens with zero attached hydrogens (tertiary/aromatic N) is 1. The van der Waals surface area contributed by atoms with Gasteiger partial charge in [0.25, 0.3) is 0 Å². The number of hydrogen-bond acceptors (Lipinski definition) is 7. The number of sulfonamides is 1. The summed E-state index contributed by atoms with van der Waals surface area (Å²) >= 11 is 6.01. The van der Waals surface area contributed by atoms with Crippen LogP contribution in [0.4, 0.5) is 4.79 Å².